The van der Waals surface area contributed by atoms with Crippen LogP contribution in [0.15, 0.2) is 6.33 Å². The van der Waals surface area contributed by atoms with E-state index in [1.807, 2.05) is 6.33 Å². The molecule has 0 saturated carbocycles. The first-order valence-corrected chi connectivity index (χ1v) is 5.44. The van der Waals surface area contributed by atoms with E-state index in [4.69, 9.17) is 0 Å². The average Bonchev–Trinajstić information content (AvgIpc) is 2.66. The van der Waals surface area contributed by atoms with Crippen molar-refractivity contribution >= 4 is 0 Å². The highest BCUT2D eigenvalue weighted by Crippen LogP contribution is 2.25. The van der Waals surface area contributed by atoms with Gasteiger partial charge in [-0.1, -0.05) is 0 Å². The Hall–Kier alpha value is -0.900. The summed E-state index contributed by atoms with van der Waals surface area (Å²) in [5.41, 5.74) is 0. The van der Waals surface area contributed by atoms with Crippen molar-refractivity contribution in [2.45, 2.75) is 45.2 Å². The fourth-order valence-corrected chi connectivity index (χ4v) is 2.19. The van der Waals surface area contributed by atoms with Crippen LogP contribution in [0.4, 0.5) is 0 Å². The van der Waals surface area contributed by atoms with Crippen LogP contribution in [0.1, 0.15) is 38.4 Å². The van der Waals surface area contributed by atoms with Crippen LogP contribution in [0, 0.1) is 0 Å². The second kappa shape index (κ2) is 4.09. The minimum atomic E-state index is 0.526. The molecule has 78 valence electrons. The lowest BCUT2D eigenvalue weighted by atomic mass is 9.91. The Morgan fingerprint density at radius 2 is 2.50 bits per heavy atom. The summed E-state index contributed by atoms with van der Waals surface area (Å²) in [7, 11) is 0. The molecule has 1 N–H and O–H groups in total. The largest absolute Gasteiger partial charge is 0.318 e. The van der Waals surface area contributed by atoms with Crippen LogP contribution in [-0.4, -0.2) is 27.4 Å². The monoisotopic (exact) mass is 194 g/mol. The van der Waals surface area contributed by atoms with Gasteiger partial charge >= 0.3 is 0 Å². The quantitative estimate of drug-likeness (QED) is 0.768. The molecular weight excluding hydrogens is 176 g/mol. The molecule has 0 spiro atoms. The summed E-state index contributed by atoms with van der Waals surface area (Å²) >= 11 is 0. The molecule has 1 aliphatic rings. The number of hydrogen-bond acceptors (Lipinski definition) is 3. The molecule has 1 fully saturated rings. The minimum absolute atomic E-state index is 0.526. The zero-order valence-corrected chi connectivity index (χ0v) is 8.90. The predicted octanol–water partition coefficient (Wildman–Crippen LogP) is 1.15. The molecule has 0 radical (unpaired) electrons. The van der Waals surface area contributed by atoms with Crippen LogP contribution in [0.3, 0.4) is 0 Å². The molecule has 14 heavy (non-hydrogen) atoms. The Bertz CT molecular complexity index is 294. The summed E-state index contributed by atoms with van der Waals surface area (Å²) in [6, 6.07) is 0.526. The van der Waals surface area contributed by atoms with E-state index < -0.39 is 0 Å². The van der Waals surface area contributed by atoms with Crippen LogP contribution in [0.25, 0.3) is 0 Å². The van der Waals surface area contributed by atoms with Crippen molar-refractivity contribution in [3.8, 4) is 0 Å². The first-order chi connectivity index (χ1) is 6.83. The second-order valence-corrected chi connectivity index (χ2v) is 3.97. The molecule has 1 saturated heterocycles. The predicted molar refractivity (Wildman–Crippen MR) is 55.1 cm³/mol. The van der Waals surface area contributed by atoms with Gasteiger partial charge in [0.15, 0.2) is 0 Å². The lowest BCUT2D eigenvalue weighted by Gasteiger charge is -2.29. The molecule has 0 aliphatic carbocycles. The van der Waals surface area contributed by atoms with E-state index in [1.54, 1.807) is 0 Å². The Kier molecular flexibility index (Phi) is 2.82. The van der Waals surface area contributed by atoms with E-state index in [0.29, 0.717) is 12.0 Å². The van der Waals surface area contributed by atoms with Crippen LogP contribution < -0.4 is 5.32 Å². The van der Waals surface area contributed by atoms with E-state index in [0.717, 1.165) is 18.9 Å². The molecule has 1 aromatic rings. The van der Waals surface area contributed by atoms with Crippen LogP contribution >= 0.6 is 0 Å². The molecular formula is C10H18N4. The number of aryl methyl sites for hydroxylation is 1. The highest BCUT2D eigenvalue weighted by molar-refractivity contribution is 5.02. The van der Waals surface area contributed by atoms with Gasteiger partial charge in [0.1, 0.15) is 12.2 Å². The smallest absolute Gasteiger partial charge is 0.137 e. The van der Waals surface area contributed by atoms with E-state index >= 15 is 0 Å². The summed E-state index contributed by atoms with van der Waals surface area (Å²) < 4.78 is 2.15. The first-order valence-electron chi connectivity index (χ1n) is 5.44. The molecule has 2 rings (SSSR count). The molecule has 1 aromatic heterocycles. The Balaban J connectivity index is 2.20. The molecule has 4 nitrogen and oxygen atoms in total. The number of hydrogen-bond donors (Lipinski definition) is 1. The summed E-state index contributed by atoms with van der Waals surface area (Å²) in [6.45, 7) is 6.47. The fourth-order valence-electron chi connectivity index (χ4n) is 2.19. The van der Waals surface area contributed by atoms with Crippen LogP contribution in [-0.2, 0) is 6.54 Å². The van der Waals surface area contributed by atoms with Gasteiger partial charge in [-0.2, -0.15) is 0 Å². The molecule has 0 bridgehead atoms. The van der Waals surface area contributed by atoms with E-state index in [9.17, 15) is 0 Å². The number of nitrogens with one attached hydrogen (secondary N) is 1. The molecule has 0 amide bonds. The average molecular weight is 194 g/mol. The summed E-state index contributed by atoms with van der Waals surface area (Å²) in [4.78, 5) is 0. The van der Waals surface area contributed by atoms with Crippen molar-refractivity contribution in [3.63, 3.8) is 0 Å². The maximum atomic E-state index is 4.23. The normalized spacial score (nSPS) is 27.9. The maximum Gasteiger partial charge on any atom is 0.137 e. The SMILES string of the molecule is CCn1cnnc1C1CCCNC1C. The van der Waals surface area contributed by atoms with Crippen molar-refractivity contribution in [1.82, 2.24) is 20.1 Å². The van der Waals surface area contributed by atoms with Gasteiger partial charge in [0.05, 0.1) is 0 Å². The van der Waals surface area contributed by atoms with Crippen LogP contribution in [0.5, 0.6) is 0 Å². The number of nitrogens with zero attached hydrogens (tertiary/aromatic N) is 3. The van der Waals surface area contributed by atoms with Crippen molar-refractivity contribution in [2.75, 3.05) is 6.54 Å². The minimum Gasteiger partial charge on any atom is -0.318 e. The van der Waals surface area contributed by atoms with E-state index in [1.165, 1.54) is 12.8 Å². The van der Waals surface area contributed by atoms with E-state index in [2.05, 4.69) is 33.9 Å². The third kappa shape index (κ3) is 1.66. The number of rotatable bonds is 2. The Labute approximate surface area is 84.7 Å². The lowest BCUT2D eigenvalue weighted by Crippen LogP contribution is -2.38. The molecule has 2 unspecified atom stereocenters. The van der Waals surface area contributed by atoms with Gasteiger partial charge in [0.25, 0.3) is 0 Å². The van der Waals surface area contributed by atoms with Gasteiger partial charge in [-0.25, -0.2) is 0 Å². The summed E-state index contributed by atoms with van der Waals surface area (Å²) in [5, 5.41) is 11.7. The molecule has 0 aromatic carbocycles. The van der Waals surface area contributed by atoms with Gasteiger partial charge in [-0.3, -0.25) is 0 Å². The summed E-state index contributed by atoms with van der Waals surface area (Å²) in [6.07, 6.45) is 4.30. The lowest BCUT2D eigenvalue weighted by molar-refractivity contribution is 0.351. The second-order valence-electron chi connectivity index (χ2n) is 3.97. The highest BCUT2D eigenvalue weighted by atomic mass is 15.3. The van der Waals surface area contributed by atoms with Gasteiger partial charge in [0, 0.05) is 18.5 Å². The Morgan fingerprint density at radius 1 is 1.64 bits per heavy atom. The first kappa shape index (κ1) is 9.65. The number of aromatic nitrogens is 3. The zero-order chi connectivity index (χ0) is 9.97. The van der Waals surface area contributed by atoms with Crippen molar-refractivity contribution in [3.05, 3.63) is 12.2 Å². The third-order valence-corrected chi connectivity index (χ3v) is 3.08. The van der Waals surface area contributed by atoms with E-state index in [-0.39, 0.29) is 0 Å². The van der Waals surface area contributed by atoms with Crippen LogP contribution in [0.2, 0.25) is 0 Å². The van der Waals surface area contributed by atoms with Gasteiger partial charge in [-0.15, -0.1) is 10.2 Å². The van der Waals surface area contributed by atoms with Gasteiger partial charge in [0.2, 0.25) is 0 Å². The summed E-state index contributed by atoms with van der Waals surface area (Å²) in [5.74, 6) is 1.68. The molecule has 4 heteroatoms. The standard InChI is InChI=1S/C10H18N4/c1-3-14-7-12-13-10(14)9-5-4-6-11-8(9)2/h7-9,11H,3-6H2,1-2H3. The molecule has 1 aliphatic heterocycles. The fraction of sp³-hybridized carbons (Fsp3) is 0.800. The van der Waals surface area contributed by atoms with Gasteiger partial charge in [-0.05, 0) is 33.2 Å². The zero-order valence-electron chi connectivity index (χ0n) is 8.90. The maximum absolute atomic E-state index is 4.23. The van der Waals surface area contributed by atoms with Gasteiger partial charge < -0.3 is 9.88 Å². The highest BCUT2D eigenvalue weighted by Gasteiger charge is 2.26. The van der Waals surface area contributed by atoms with Crippen molar-refractivity contribution < 1.29 is 0 Å². The molecule has 2 atom stereocenters. The topological polar surface area (TPSA) is 42.7 Å². The Morgan fingerprint density at radius 3 is 3.21 bits per heavy atom. The molecule has 2 heterocycles. The third-order valence-electron chi connectivity index (χ3n) is 3.08. The van der Waals surface area contributed by atoms with Crippen molar-refractivity contribution in [2.24, 2.45) is 0 Å². The number of piperidine rings is 1. The van der Waals surface area contributed by atoms with Crippen molar-refractivity contribution in [1.29, 1.82) is 0 Å².